The summed E-state index contributed by atoms with van der Waals surface area (Å²) in [7, 11) is 0. The van der Waals surface area contributed by atoms with E-state index in [-0.39, 0.29) is 23.6 Å². The summed E-state index contributed by atoms with van der Waals surface area (Å²) in [5.41, 5.74) is 3.46. The molecule has 0 bridgehead atoms. The largest absolute Gasteiger partial charge is 0.376 e. The zero-order chi connectivity index (χ0) is 21.0. The van der Waals surface area contributed by atoms with Crippen LogP contribution in [0, 0.1) is 11.5 Å². The molecule has 0 amide bonds. The predicted molar refractivity (Wildman–Crippen MR) is 110 cm³/mol. The molecule has 0 saturated carbocycles. The average Bonchev–Trinajstić information content (AvgIpc) is 3.45. The van der Waals surface area contributed by atoms with Gasteiger partial charge in [-0.25, -0.2) is 4.98 Å². The highest BCUT2D eigenvalue weighted by Crippen LogP contribution is 2.32. The zero-order valence-corrected chi connectivity index (χ0v) is 17.0. The van der Waals surface area contributed by atoms with E-state index in [2.05, 4.69) is 15.3 Å². The SMILES string of the molecule is CC(C)c1nnn(C#N)c1-c1ncn2c1c(=O)n(C1CCOC1C)c1ccccc12. The summed E-state index contributed by atoms with van der Waals surface area (Å²) in [5, 5.41) is 17.7. The molecule has 1 fully saturated rings. The van der Waals surface area contributed by atoms with Crippen molar-refractivity contribution in [1.82, 2.24) is 28.9 Å². The maximum absolute atomic E-state index is 13.8. The second-order valence-corrected chi connectivity index (χ2v) is 7.90. The van der Waals surface area contributed by atoms with E-state index >= 15 is 0 Å². The molecule has 2 unspecified atom stereocenters. The summed E-state index contributed by atoms with van der Waals surface area (Å²) in [4.78, 5) is 18.4. The highest BCUT2D eigenvalue weighted by Gasteiger charge is 2.31. The van der Waals surface area contributed by atoms with Crippen LogP contribution in [-0.4, -0.2) is 41.7 Å². The van der Waals surface area contributed by atoms with E-state index in [9.17, 15) is 10.1 Å². The van der Waals surface area contributed by atoms with E-state index in [4.69, 9.17) is 4.74 Å². The molecule has 1 aliphatic heterocycles. The van der Waals surface area contributed by atoms with E-state index in [0.29, 0.717) is 29.2 Å². The Labute approximate surface area is 172 Å². The number of imidazole rings is 1. The molecule has 9 heteroatoms. The fraction of sp³-hybridized carbons (Fsp3) is 0.381. The van der Waals surface area contributed by atoms with Crippen molar-refractivity contribution < 1.29 is 4.74 Å². The van der Waals surface area contributed by atoms with E-state index in [1.54, 1.807) is 10.7 Å². The van der Waals surface area contributed by atoms with Gasteiger partial charge in [0, 0.05) is 6.61 Å². The number of hydrogen-bond donors (Lipinski definition) is 0. The number of benzene rings is 1. The molecule has 30 heavy (non-hydrogen) atoms. The molecule has 2 atom stereocenters. The lowest BCUT2D eigenvalue weighted by Crippen LogP contribution is -2.30. The third-order valence-corrected chi connectivity index (χ3v) is 5.82. The summed E-state index contributed by atoms with van der Waals surface area (Å²) in [5.74, 6) is 0.0183. The summed E-state index contributed by atoms with van der Waals surface area (Å²) in [6, 6.07) is 7.70. The molecule has 1 aromatic carbocycles. The van der Waals surface area contributed by atoms with Gasteiger partial charge in [-0.15, -0.1) is 9.78 Å². The van der Waals surface area contributed by atoms with Gasteiger partial charge in [0.25, 0.3) is 5.56 Å². The Morgan fingerprint density at radius 3 is 2.70 bits per heavy atom. The Morgan fingerprint density at radius 2 is 2.03 bits per heavy atom. The van der Waals surface area contributed by atoms with Crippen molar-refractivity contribution >= 4 is 16.6 Å². The Bertz CT molecular complexity index is 1370. The van der Waals surface area contributed by atoms with Crippen molar-refractivity contribution in [3.8, 4) is 17.6 Å². The molecule has 9 nitrogen and oxygen atoms in total. The number of rotatable bonds is 3. The second-order valence-electron chi connectivity index (χ2n) is 7.90. The Balaban J connectivity index is 1.91. The molecular weight excluding hydrogens is 382 g/mol. The fourth-order valence-electron chi connectivity index (χ4n) is 4.37. The Hall–Kier alpha value is -3.51. The van der Waals surface area contributed by atoms with Crippen molar-refractivity contribution in [1.29, 1.82) is 5.26 Å². The van der Waals surface area contributed by atoms with Gasteiger partial charge in [-0.2, -0.15) is 5.26 Å². The van der Waals surface area contributed by atoms with Crippen LogP contribution in [0.1, 0.15) is 44.8 Å². The van der Waals surface area contributed by atoms with Crippen molar-refractivity contribution in [3.05, 3.63) is 46.6 Å². The molecule has 0 N–H and O–H groups in total. The van der Waals surface area contributed by atoms with Crippen molar-refractivity contribution in [2.45, 2.75) is 45.3 Å². The van der Waals surface area contributed by atoms with Crippen LogP contribution in [0.15, 0.2) is 35.4 Å². The third kappa shape index (κ3) is 2.50. The maximum Gasteiger partial charge on any atom is 0.278 e. The number of ether oxygens (including phenoxy) is 1. The van der Waals surface area contributed by atoms with Gasteiger partial charge in [0.1, 0.15) is 23.2 Å². The van der Waals surface area contributed by atoms with E-state index in [0.717, 1.165) is 22.1 Å². The molecule has 3 aromatic heterocycles. The first-order valence-electron chi connectivity index (χ1n) is 10.0. The van der Waals surface area contributed by atoms with Crippen LogP contribution in [0.5, 0.6) is 0 Å². The lowest BCUT2D eigenvalue weighted by atomic mass is 10.1. The molecule has 0 spiro atoms. The monoisotopic (exact) mass is 403 g/mol. The summed E-state index contributed by atoms with van der Waals surface area (Å²) >= 11 is 0. The topological polar surface area (TPSA) is 103 Å². The third-order valence-electron chi connectivity index (χ3n) is 5.82. The van der Waals surface area contributed by atoms with Gasteiger partial charge >= 0.3 is 0 Å². The molecule has 5 rings (SSSR count). The van der Waals surface area contributed by atoms with Gasteiger partial charge in [0.2, 0.25) is 6.19 Å². The lowest BCUT2D eigenvalue weighted by molar-refractivity contribution is 0.108. The smallest absolute Gasteiger partial charge is 0.278 e. The number of nitrogens with zero attached hydrogens (tertiary/aromatic N) is 7. The fourth-order valence-corrected chi connectivity index (χ4v) is 4.37. The number of aromatic nitrogens is 6. The molecule has 4 aromatic rings. The second kappa shape index (κ2) is 6.78. The normalized spacial score (nSPS) is 19.2. The number of fused-ring (bicyclic) bond motifs is 3. The van der Waals surface area contributed by atoms with Gasteiger partial charge in [-0.3, -0.25) is 13.8 Å². The van der Waals surface area contributed by atoms with Crippen LogP contribution in [0.25, 0.3) is 27.9 Å². The van der Waals surface area contributed by atoms with E-state index in [1.165, 1.54) is 0 Å². The van der Waals surface area contributed by atoms with Crippen LogP contribution >= 0.6 is 0 Å². The highest BCUT2D eigenvalue weighted by molar-refractivity contribution is 5.85. The van der Waals surface area contributed by atoms with Crippen LogP contribution in [0.3, 0.4) is 0 Å². The van der Waals surface area contributed by atoms with E-state index in [1.807, 2.05) is 55.8 Å². The van der Waals surface area contributed by atoms with Crippen LogP contribution < -0.4 is 5.56 Å². The minimum absolute atomic E-state index is 0.0183. The maximum atomic E-state index is 13.8. The molecule has 4 heterocycles. The average molecular weight is 403 g/mol. The minimum atomic E-state index is -0.163. The lowest BCUT2D eigenvalue weighted by Gasteiger charge is -2.21. The van der Waals surface area contributed by atoms with Gasteiger partial charge in [-0.1, -0.05) is 31.2 Å². The molecule has 152 valence electrons. The van der Waals surface area contributed by atoms with Crippen molar-refractivity contribution in [2.75, 3.05) is 6.61 Å². The van der Waals surface area contributed by atoms with Gasteiger partial charge < -0.3 is 4.74 Å². The molecule has 0 aliphatic carbocycles. The van der Waals surface area contributed by atoms with Crippen molar-refractivity contribution in [2.24, 2.45) is 0 Å². The van der Waals surface area contributed by atoms with Gasteiger partial charge in [0.15, 0.2) is 0 Å². The highest BCUT2D eigenvalue weighted by atomic mass is 16.5. The summed E-state index contributed by atoms with van der Waals surface area (Å²) in [6.45, 7) is 6.55. The summed E-state index contributed by atoms with van der Waals surface area (Å²) in [6.07, 6.45) is 4.35. The quantitative estimate of drug-likeness (QED) is 0.521. The first-order valence-corrected chi connectivity index (χ1v) is 10.0. The van der Waals surface area contributed by atoms with Gasteiger partial charge in [0.05, 0.1) is 28.9 Å². The Morgan fingerprint density at radius 1 is 1.27 bits per heavy atom. The van der Waals surface area contributed by atoms with Crippen LogP contribution in [0.4, 0.5) is 0 Å². The summed E-state index contributed by atoms with van der Waals surface area (Å²) < 4.78 is 10.5. The Kier molecular flexibility index (Phi) is 4.18. The first kappa shape index (κ1) is 18.5. The molecular formula is C21H21N7O2. The minimum Gasteiger partial charge on any atom is -0.376 e. The van der Waals surface area contributed by atoms with Crippen molar-refractivity contribution in [3.63, 3.8) is 0 Å². The standard InChI is InChI=1S/C21H21N7O2/c1-12(2)17-19(27(10-22)25-24-17)18-20-21(29)28(14-8-9-30-13(14)3)16-7-5-4-6-15(16)26(20)11-23-18/h4-7,11-14H,8-9H2,1-3H3. The number of nitriles is 1. The zero-order valence-electron chi connectivity index (χ0n) is 17.0. The molecule has 1 aliphatic rings. The molecule has 0 radical (unpaired) electrons. The predicted octanol–water partition coefficient (Wildman–Crippen LogP) is 2.71. The van der Waals surface area contributed by atoms with Gasteiger partial charge in [-0.05, 0) is 31.4 Å². The van der Waals surface area contributed by atoms with E-state index < -0.39 is 0 Å². The number of hydrogen-bond acceptors (Lipinski definition) is 6. The number of para-hydroxylation sites is 2. The first-order chi connectivity index (χ1) is 14.5. The van der Waals surface area contributed by atoms with Crippen LogP contribution in [-0.2, 0) is 4.74 Å². The molecule has 1 saturated heterocycles. The van der Waals surface area contributed by atoms with Crippen LogP contribution in [0.2, 0.25) is 0 Å².